The average Bonchev–Trinajstić information content (AvgIpc) is 3.33. The van der Waals surface area contributed by atoms with E-state index in [1.165, 1.54) is 0 Å². The van der Waals surface area contributed by atoms with Crippen LogP contribution in [-0.4, -0.2) is 19.2 Å². The van der Waals surface area contributed by atoms with Gasteiger partial charge in [0.05, 0.1) is 12.8 Å². The summed E-state index contributed by atoms with van der Waals surface area (Å²) in [6.07, 6.45) is 2.13. The molecule has 5 nitrogen and oxygen atoms in total. The van der Waals surface area contributed by atoms with E-state index in [1.807, 2.05) is 30.3 Å². The number of hydrogen-bond donors (Lipinski definition) is 3. The molecule has 120 valence electrons. The van der Waals surface area contributed by atoms with Crippen molar-refractivity contribution in [3.63, 3.8) is 0 Å². The molecule has 2 aromatic carbocycles. The van der Waals surface area contributed by atoms with Gasteiger partial charge in [-0.1, -0.05) is 11.6 Å². The smallest absolute Gasteiger partial charge is 0.319 e. The largest absolute Gasteiger partial charge is 0.495 e. The number of halogens is 1. The Bertz CT molecular complexity index is 699. The Morgan fingerprint density at radius 3 is 2.48 bits per heavy atom. The third-order valence-corrected chi connectivity index (χ3v) is 3.73. The highest BCUT2D eigenvalue weighted by atomic mass is 35.5. The zero-order chi connectivity index (χ0) is 16.2. The molecular weight excluding hydrogens is 314 g/mol. The van der Waals surface area contributed by atoms with Crippen molar-refractivity contribution >= 4 is 34.7 Å². The van der Waals surface area contributed by atoms with Crippen molar-refractivity contribution in [2.45, 2.75) is 18.9 Å². The summed E-state index contributed by atoms with van der Waals surface area (Å²) >= 11 is 6.02. The van der Waals surface area contributed by atoms with Gasteiger partial charge >= 0.3 is 6.03 Å². The number of ether oxygens (including phenoxy) is 1. The fourth-order valence-corrected chi connectivity index (χ4v) is 2.32. The van der Waals surface area contributed by atoms with Crippen molar-refractivity contribution in [2.75, 3.05) is 17.7 Å². The van der Waals surface area contributed by atoms with Crippen molar-refractivity contribution in [3.05, 3.63) is 47.5 Å². The lowest BCUT2D eigenvalue weighted by Crippen LogP contribution is -2.30. The summed E-state index contributed by atoms with van der Waals surface area (Å²) in [5.41, 5.74) is 2.40. The van der Waals surface area contributed by atoms with Crippen molar-refractivity contribution in [2.24, 2.45) is 0 Å². The lowest BCUT2D eigenvalue weighted by molar-refractivity contribution is 0.251. The fourth-order valence-electron chi connectivity index (χ4n) is 2.15. The molecule has 0 bridgehead atoms. The molecule has 1 aliphatic carbocycles. The van der Waals surface area contributed by atoms with Gasteiger partial charge in [-0.25, -0.2) is 4.79 Å². The van der Waals surface area contributed by atoms with Crippen LogP contribution in [0.3, 0.4) is 0 Å². The molecule has 0 spiro atoms. The fraction of sp³-hybridized carbons (Fsp3) is 0.235. The normalized spacial score (nSPS) is 13.3. The van der Waals surface area contributed by atoms with Crippen LogP contribution in [0.15, 0.2) is 42.5 Å². The van der Waals surface area contributed by atoms with E-state index in [-0.39, 0.29) is 6.03 Å². The molecule has 3 rings (SSSR count). The van der Waals surface area contributed by atoms with Crippen LogP contribution in [0.4, 0.5) is 21.9 Å². The van der Waals surface area contributed by atoms with Crippen LogP contribution in [0.1, 0.15) is 12.8 Å². The summed E-state index contributed by atoms with van der Waals surface area (Å²) in [5, 5.41) is 9.57. The topological polar surface area (TPSA) is 62.4 Å². The highest BCUT2D eigenvalue weighted by molar-refractivity contribution is 6.31. The quantitative estimate of drug-likeness (QED) is 0.762. The van der Waals surface area contributed by atoms with Gasteiger partial charge in [-0.3, -0.25) is 0 Å². The summed E-state index contributed by atoms with van der Waals surface area (Å²) in [4.78, 5) is 11.7. The summed E-state index contributed by atoms with van der Waals surface area (Å²) < 4.78 is 5.31. The molecule has 2 amide bonds. The zero-order valence-electron chi connectivity index (χ0n) is 12.7. The Kier molecular flexibility index (Phi) is 4.57. The van der Waals surface area contributed by atoms with Crippen molar-refractivity contribution in [3.8, 4) is 5.75 Å². The second kappa shape index (κ2) is 6.79. The van der Waals surface area contributed by atoms with Gasteiger partial charge in [-0.15, -0.1) is 0 Å². The molecule has 0 aliphatic heterocycles. The maximum absolute atomic E-state index is 11.7. The van der Waals surface area contributed by atoms with Gasteiger partial charge in [0.15, 0.2) is 0 Å². The first-order valence-corrected chi connectivity index (χ1v) is 7.80. The maximum Gasteiger partial charge on any atom is 0.319 e. The Morgan fingerprint density at radius 2 is 1.83 bits per heavy atom. The molecule has 0 unspecified atom stereocenters. The van der Waals surface area contributed by atoms with E-state index in [1.54, 1.807) is 19.2 Å². The molecule has 1 fully saturated rings. The maximum atomic E-state index is 11.7. The van der Waals surface area contributed by atoms with Crippen LogP contribution < -0.4 is 20.7 Å². The monoisotopic (exact) mass is 331 g/mol. The zero-order valence-corrected chi connectivity index (χ0v) is 13.5. The summed E-state index contributed by atoms with van der Waals surface area (Å²) in [6.45, 7) is 0. The van der Waals surface area contributed by atoms with Crippen molar-refractivity contribution in [1.82, 2.24) is 5.32 Å². The van der Waals surface area contributed by atoms with E-state index in [4.69, 9.17) is 16.3 Å². The average molecular weight is 332 g/mol. The molecule has 0 saturated heterocycles. The van der Waals surface area contributed by atoms with Gasteiger partial charge in [0, 0.05) is 22.4 Å². The number of carbonyl (C=O) groups excluding carboxylic acids is 1. The molecule has 6 heteroatoms. The van der Waals surface area contributed by atoms with Crippen molar-refractivity contribution in [1.29, 1.82) is 0 Å². The summed E-state index contributed by atoms with van der Waals surface area (Å²) in [6, 6.07) is 13.0. The van der Waals surface area contributed by atoms with Gasteiger partial charge in [-0.05, 0) is 55.3 Å². The number of urea groups is 1. The van der Waals surface area contributed by atoms with Gasteiger partial charge in [0.2, 0.25) is 0 Å². The minimum absolute atomic E-state index is 0.162. The first-order valence-electron chi connectivity index (χ1n) is 7.42. The molecule has 1 saturated carbocycles. The highest BCUT2D eigenvalue weighted by Crippen LogP contribution is 2.30. The SMILES string of the molecule is COc1ccc(Cl)cc1Nc1ccc(NC(=O)NC2CC2)cc1. The minimum Gasteiger partial charge on any atom is -0.495 e. The minimum atomic E-state index is -0.162. The Morgan fingerprint density at radius 1 is 1.13 bits per heavy atom. The number of rotatable bonds is 5. The van der Waals surface area contributed by atoms with E-state index >= 15 is 0 Å². The Balaban J connectivity index is 1.65. The van der Waals surface area contributed by atoms with Crippen LogP contribution in [-0.2, 0) is 0 Å². The van der Waals surface area contributed by atoms with Gasteiger partial charge < -0.3 is 20.7 Å². The van der Waals surface area contributed by atoms with Crippen molar-refractivity contribution < 1.29 is 9.53 Å². The van der Waals surface area contributed by atoms with E-state index in [0.29, 0.717) is 16.8 Å². The van der Waals surface area contributed by atoms with Gasteiger partial charge in [-0.2, -0.15) is 0 Å². The molecule has 23 heavy (non-hydrogen) atoms. The van der Waals surface area contributed by atoms with E-state index in [9.17, 15) is 4.79 Å². The number of benzene rings is 2. The molecule has 2 aromatic rings. The standard InChI is InChI=1S/C17H18ClN3O2/c1-23-16-9-2-11(18)10-15(16)19-12-3-5-13(6-4-12)20-17(22)21-14-7-8-14/h2-6,9-10,14,19H,7-8H2,1H3,(H2,20,21,22). The van der Waals surface area contributed by atoms with Crippen LogP contribution >= 0.6 is 11.6 Å². The summed E-state index contributed by atoms with van der Waals surface area (Å²) in [7, 11) is 1.61. The number of nitrogens with one attached hydrogen (secondary N) is 3. The van der Waals surface area contributed by atoms with E-state index < -0.39 is 0 Å². The van der Waals surface area contributed by atoms with Gasteiger partial charge in [0.25, 0.3) is 0 Å². The molecule has 0 radical (unpaired) electrons. The van der Waals surface area contributed by atoms with E-state index in [2.05, 4.69) is 16.0 Å². The number of methoxy groups -OCH3 is 1. The van der Waals surface area contributed by atoms with Crippen LogP contribution in [0.25, 0.3) is 0 Å². The second-order valence-corrected chi connectivity index (χ2v) is 5.86. The van der Waals surface area contributed by atoms with E-state index in [0.717, 1.165) is 29.9 Å². The Hall–Kier alpha value is -2.40. The van der Waals surface area contributed by atoms with Crippen LogP contribution in [0.5, 0.6) is 5.75 Å². The number of anilines is 3. The third kappa shape index (κ3) is 4.29. The third-order valence-electron chi connectivity index (χ3n) is 3.50. The molecular formula is C17H18ClN3O2. The predicted octanol–water partition coefficient (Wildman–Crippen LogP) is 4.38. The number of amides is 2. The van der Waals surface area contributed by atoms with Crippen LogP contribution in [0.2, 0.25) is 5.02 Å². The molecule has 1 aliphatic rings. The first-order chi connectivity index (χ1) is 11.1. The highest BCUT2D eigenvalue weighted by Gasteiger charge is 2.23. The summed E-state index contributed by atoms with van der Waals surface area (Å²) in [5.74, 6) is 0.709. The van der Waals surface area contributed by atoms with Gasteiger partial charge in [0.1, 0.15) is 5.75 Å². The molecule has 0 aromatic heterocycles. The lowest BCUT2D eigenvalue weighted by atomic mass is 10.2. The Labute approximate surface area is 140 Å². The lowest BCUT2D eigenvalue weighted by Gasteiger charge is -2.12. The molecule has 0 heterocycles. The predicted molar refractivity (Wildman–Crippen MR) is 92.9 cm³/mol. The van der Waals surface area contributed by atoms with Crippen LogP contribution in [0, 0.1) is 0 Å². The second-order valence-electron chi connectivity index (χ2n) is 5.42. The number of carbonyl (C=O) groups is 1. The molecule has 3 N–H and O–H groups in total. The number of hydrogen-bond acceptors (Lipinski definition) is 3. The first kappa shape index (κ1) is 15.5. The molecule has 0 atom stereocenters.